The Morgan fingerprint density at radius 1 is 1.07 bits per heavy atom. The first kappa shape index (κ1) is 19.6. The third-order valence-electron chi connectivity index (χ3n) is 4.90. The minimum Gasteiger partial charge on any atom is -0.493 e. The van der Waals surface area contributed by atoms with Crippen molar-refractivity contribution in [3.63, 3.8) is 0 Å². The number of para-hydroxylation sites is 1. The summed E-state index contributed by atoms with van der Waals surface area (Å²) in [4.78, 5) is 16.2. The Morgan fingerprint density at radius 3 is 2.36 bits per heavy atom. The molecule has 1 atom stereocenters. The zero-order valence-corrected chi connectivity index (χ0v) is 16.7. The van der Waals surface area contributed by atoms with Crippen LogP contribution in [0.4, 0.5) is 0 Å². The highest BCUT2D eigenvalue weighted by atomic mass is 16.5. The van der Waals surface area contributed by atoms with Crippen molar-refractivity contribution >= 4 is 16.8 Å². The molecule has 3 rings (SSSR count). The molecule has 28 heavy (non-hydrogen) atoms. The van der Waals surface area contributed by atoms with Crippen molar-refractivity contribution in [2.75, 3.05) is 21.3 Å². The highest BCUT2D eigenvalue weighted by molar-refractivity contribution is 5.96. The van der Waals surface area contributed by atoms with Crippen LogP contribution in [0, 0.1) is 0 Å². The van der Waals surface area contributed by atoms with E-state index in [2.05, 4.69) is 23.3 Å². The first-order chi connectivity index (χ1) is 13.6. The van der Waals surface area contributed by atoms with Crippen LogP contribution in [0.3, 0.4) is 0 Å². The van der Waals surface area contributed by atoms with Crippen LogP contribution in [0.5, 0.6) is 17.2 Å². The number of fused-ring (bicyclic) bond motifs is 1. The number of hydrogen-bond acceptors (Lipinski definition) is 4. The smallest absolute Gasteiger partial charge is 0.251 e. The summed E-state index contributed by atoms with van der Waals surface area (Å²) in [6.07, 6.45) is 3.57. The summed E-state index contributed by atoms with van der Waals surface area (Å²) in [7, 11) is 4.60. The molecule has 0 saturated carbocycles. The molecular formula is C22H26N2O4. The number of H-pyrrole nitrogens is 1. The van der Waals surface area contributed by atoms with Gasteiger partial charge in [-0.2, -0.15) is 0 Å². The molecule has 0 saturated heterocycles. The van der Waals surface area contributed by atoms with E-state index in [1.807, 2.05) is 24.4 Å². The molecule has 1 heterocycles. The van der Waals surface area contributed by atoms with E-state index in [-0.39, 0.29) is 11.9 Å². The molecule has 0 spiro atoms. The molecule has 148 valence electrons. The number of rotatable bonds is 8. The van der Waals surface area contributed by atoms with E-state index in [0.29, 0.717) is 22.8 Å². The van der Waals surface area contributed by atoms with Gasteiger partial charge in [-0.15, -0.1) is 0 Å². The molecule has 0 aliphatic carbocycles. The minimum atomic E-state index is -0.175. The van der Waals surface area contributed by atoms with E-state index >= 15 is 0 Å². The molecule has 1 amide bonds. The fraction of sp³-hybridized carbons (Fsp3) is 0.318. The summed E-state index contributed by atoms with van der Waals surface area (Å²) in [5.74, 6) is 1.20. The van der Waals surface area contributed by atoms with E-state index in [4.69, 9.17) is 14.2 Å². The summed E-state index contributed by atoms with van der Waals surface area (Å²) < 4.78 is 16.0. The van der Waals surface area contributed by atoms with Gasteiger partial charge in [0.1, 0.15) is 0 Å². The highest BCUT2D eigenvalue weighted by Gasteiger charge is 2.19. The Morgan fingerprint density at radius 2 is 1.75 bits per heavy atom. The maximum Gasteiger partial charge on any atom is 0.251 e. The topological polar surface area (TPSA) is 72.6 Å². The Balaban J connectivity index is 1.80. The number of hydrogen-bond donors (Lipinski definition) is 2. The van der Waals surface area contributed by atoms with Gasteiger partial charge < -0.3 is 24.5 Å². The second kappa shape index (κ2) is 8.69. The summed E-state index contributed by atoms with van der Waals surface area (Å²) in [6.45, 7) is 2.06. The van der Waals surface area contributed by atoms with Crippen molar-refractivity contribution in [3.8, 4) is 17.2 Å². The number of benzene rings is 2. The number of methoxy groups -OCH3 is 3. The summed E-state index contributed by atoms with van der Waals surface area (Å²) in [5.41, 5.74) is 2.75. The third kappa shape index (κ3) is 3.91. The van der Waals surface area contributed by atoms with Crippen LogP contribution in [0.15, 0.2) is 42.6 Å². The lowest BCUT2D eigenvalue weighted by Gasteiger charge is -2.18. The van der Waals surface area contributed by atoms with Crippen molar-refractivity contribution in [2.45, 2.75) is 25.8 Å². The maximum absolute atomic E-state index is 12.9. The van der Waals surface area contributed by atoms with E-state index in [9.17, 15) is 4.79 Å². The number of nitrogens with one attached hydrogen (secondary N) is 2. The van der Waals surface area contributed by atoms with Crippen molar-refractivity contribution in [3.05, 3.63) is 53.7 Å². The molecule has 0 radical (unpaired) electrons. The molecule has 2 aromatic carbocycles. The van der Waals surface area contributed by atoms with Gasteiger partial charge in [0.25, 0.3) is 5.91 Å². The third-order valence-corrected chi connectivity index (χ3v) is 4.90. The van der Waals surface area contributed by atoms with Gasteiger partial charge in [0.15, 0.2) is 11.5 Å². The molecular weight excluding hydrogens is 356 g/mol. The molecule has 3 aromatic rings. The van der Waals surface area contributed by atoms with Crippen LogP contribution in [0.1, 0.15) is 29.3 Å². The van der Waals surface area contributed by atoms with E-state index in [1.54, 1.807) is 12.1 Å². The number of aromatic nitrogens is 1. The minimum absolute atomic E-state index is 0.00537. The van der Waals surface area contributed by atoms with E-state index in [1.165, 1.54) is 32.3 Å². The molecule has 1 unspecified atom stereocenters. The second-order valence-electron chi connectivity index (χ2n) is 6.56. The van der Waals surface area contributed by atoms with Gasteiger partial charge in [0, 0.05) is 28.7 Å². The first-order valence-corrected chi connectivity index (χ1v) is 9.27. The fourth-order valence-electron chi connectivity index (χ4n) is 3.34. The van der Waals surface area contributed by atoms with Crippen molar-refractivity contribution < 1.29 is 19.0 Å². The quantitative estimate of drug-likeness (QED) is 0.619. The molecule has 0 bridgehead atoms. The molecule has 0 fully saturated rings. The predicted molar refractivity (Wildman–Crippen MR) is 110 cm³/mol. The van der Waals surface area contributed by atoms with Gasteiger partial charge in [0.2, 0.25) is 5.75 Å². The second-order valence-corrected chi connectivity index (χ2v) is 6.56. The van der Waals surface area contributed by atoms with Gasteiger partial charge in [-0.1, -0.05) is 25.1 Å². The Kier molecular flexibility index (Phi) is 6.09. The van der Waals surface area contributed by atoms with Crippen LogP contribution >= 0.6 is 0 Å². The highest BCUT2D eigenvalue weighted by Crippen LogP contribution is 2.38. The SMILES string of the molecule is CCC(Cc1c[nH]c2ccccc12)NC(=O)c1cc(OC)c(OC)c(OC)c1. The zero-order valence-electron chi connectivity index (χ0n) is 16.7. The number of ether oxygens (including phenoxy) is 3. The van der Waals surface area contributed by atoms with Crippen LogP contribution in [0.25, 0.3) is 10.9 Å². The van der Waals surface area contributed by atoms with E-state index < -0.39 is 0 Å². The predicted octanol–water partition coefficient (Wildman–Crippen LogP) is 3.94. The lowest BCUT2D eigenvalue weighted by molar-refractivity contribution is 0.0935. The molecule has 6 heteroatoms. The lowest BCUT2D eigenvalue weighted by Crippen LogP contribution is -2.36. The number of carbonyl (C=O) groups excluding carboxylic acids is 1. The van der Waals surface area contributed by atoms with Crippen LogP contribution in [-0.2, 0) is 6.42 Å². The van der Waals surface area contributed by atoms with Gasteiger partial charge in [0.05, 0.1) is 21.3 Å². The van der Waals surface area contributed by atoms with Crippen molar-refractivity contribution in [1.29, 1.82) is 0 Å². The van der Waals surface area contributed by atoms with Crippen LogP contribution < -0.4 is 19.5 Å². The molecule has 2 N–H and O–H groups in total. The zero-order chi connectivity index (χ0) is 20.1. The Bertz CT molecular complexity index is 939. The van der Waals surface area contributed by atoms with Gasteiger partial charge >= 0.3 is 0 Å². The lowest BCUT2D eigenvalue weighted by atomic mass is 10.0. The summed E-state index contributed by atoms with van der Waals surface area (Å²) in [5, 5.41) is 4.30. The van der Waals surface area contributed by atoms with Gasteiger partial charge in [-0.25, -0.2) is 0 Å². The average Bonchev–Trinajstić information content (AvgIpc) is 3.14. The van der Waals surface area contributed by atoms with E-state index in [0.717, 1.165) is 18.4 Å². The maximum atomic E-state index is 12.9. The Labute approximate surface area is 164 Å². The Hall–Kier alpha value is -3.15. The molecule has 6 nitrogen and oxygen atoms in total. The number of carbonyl (C=O) groups is 1. The average molecular weight is 382 g/mol. The number of aromatic amines is 1. The number of amides is 1. The summed E-state index contributed by atoms with van der Waals surface area (Å²) >= 11 is 0. The fourth-order valence-corrected chi connectivity index (χ4v) is 3.34. The molecule has 1 aromatic heterocycles. The van der Waals surface area contributed by atoms with Crippen molar-refractivity contribution in [2.24, 2.45) is 0 Å². The van der Waals surface area contributed by atoms with Crippen LogP contribution in [-0.4, -0.2) is 38.3 Å². The van der Waals surface area contributed by atoms with Gasteiger partial charge in [-0.05, 0) is 36.6 Å². The van der Waals surface area contributed by atoms with Crippen molar-refractivity contribution in [1.82, 2.24) is 10.3 Å². The normalized spacial score (nSPS) is 11.9. The molecule has 0 aliphatic heterocycles. The summed E-state index contributed by atoms with van der Waals surface area (Å²) in [6, 6.07) is 11.5. The largest absolute Gasteiger partial charge is 0.493 e. The first-order valence-electron chi connectivity index (χ1n) is 9.27. The van der Waals surface area contributed by atoms with Gasteiger partial charge in [-0.3, -0.25) is 4.79 Å². The standard InChI is InChI=1S/C22H26N2O4/c1-5-16(10-15-13-23-18-9-7-6-8-17(15)18)24-22(25)14-11-19(26-2)21(28-4)20(12-14)27-3/h6-9,11-13,16,23H,5,10H2,1-4H3,(H,24,25). The van der Waals surface area contributed by atoms with Crippen LogP contribution in [0.2, 0.25) is 0 Å². The monoisotopic (exact) mass is 382 g/mol. The molecule has 0 aliphatic rings.